The molecule has 1 aliphatic heterocycles. The lowest BCUT2D eigenvalue weighted by atomic mass is 9.99. The molecule has 1 N–H and O–H groups in total. The Labute approximate surface area is 146 Å². The summed E-state index contributed by atoms with van der Waals surface area (Å²) in [5.74, 6) is 4.25. The van der Waals surface area contributed by atoms with Crippen LogP contribution in [-0.4, -0.2) is 38.0 Å². The summed E-state index contributed by atoms with van der Waals surface area (Å²) in [6, 6.07) is 0. The number of hydrogen-bond donors (Lipinski definition) is 1. The van der Waals surface area contributed by atoms with E-state index < -0.39 is 0 Å². The minimum absolute atomic E-state index is 0.463. The second-order valence-electron chi connectivity index (χ2n) is 6.76. The van der Waals surface area contributed by atoms with Crippen LogP contribution in [0.15, 0.2) is 9.68 Å². The van der Waals surface area contributed by atoms with Crippen molar-refractivity contribution in [2.45, 2.75) is 61.3 Å². The van der Waals surface area contributed by atoms with Crippen molar-refractivity contribution in [3.8, 4) is 0 Å². The Hall–Kier alpha value is -1.41. The summed E-state index contributed by atoms with van der Waals surface area (Å²) in [5.41, 5.74) is 0. The molecule has 2 aromatic rings. The summed E-state index contributed by atoms with van der Waals surface area (Å²) in [7, 11) is 2.05. The molecule has 2 aromatic heterocycles. The average Bonchev–Trinajstić information content (AvgIpc) is 3.35. The third kappa shape index (κ3) is 3.35. The maximum absolute atomic E-state index is 5.44. The highest BCUT2D eigenvalue weighted by molar-refractivity contribution is 7.98. The van der Waals surface area contributed by atoms with Gasteiger partial charge in [0.15, 0.2) is 11.0 Å². The van der Waals surface area contributed by atoms with Crippen molar-refractivity contribution in [2.75, 3.05) is 13.1 Å². The third-order valence-corrected chi connectivity index (χ3v) is 6.07. The molecule has 0 spiro atoms. The van der Waals surface area contributed by atoms with Gasteiger partial charge in [-0.25, -0.2) is 0 Å². The minimum Gasteiger partial charge on any atom is -0.339 e. The number of nitrogens with one attached hydrogen (secondary N) is 1. The smallest absolute Gasteiger partial charge is 0.229 e. The van der Waals surface area contributed by atoms with Crippen LogP contribution in [0, 0.1) is 0 Å². The SMILES string of the molecule is Cn1c(SCc2noc(C3CCCC3)n2)nnc1[C@H]1CCCNC1. The van der Waals surface area contributed by atoms with E-state index in [2.05, 4.69) is 30.2 Å². The van der Waals surface area contributed by atoms with E-state index in [1.807, 2.05) is 7.05 Å². The average molecular weight is 348 g/mol. The number of thioether (sulfide) groups is 1. The van der Waals surface area contributed by atoms with Gasteiger partial charge >= 0.3 is 0 Å². The van der Waals surface area contributed by atoms with Gasteiger partial charge in [0.25, 0.3) is 0 Å². The lowest BCUT2D eigenvalue weighted by molar-refractivity contribution is 0.351. The highest BCUT2D eigenvalue weighted by atomic mass is 32.2. The molecular formula is C16H24N6OS. The molecule has 3 heterocycles. The predicted molar refractivity (Wildman–Crippen MR) is 90.9 cm³/mol. The molecule has 1 aliphatic carbocycles. The van der Waals surface area contributed by atoms with Crippen LogP contribution in [0.5, 0.6) is 0 Å². The standard InChI is InChI=1S/C16H24N6OS/c1-22-14(12-7-4-8-17-9-12)19-20-16(22)24-10-13-18-15(23-21-13)11-5-2-3-6-11/h11-12,17H,2-10H2,1H3/t12-/m0/s1. The van der Waals surface area contributed by atoms with Crippen LogP contribution in [-0.2, 0) is 12.8 Å². The highest BCUT2D eigenvalue weighted by Gasteiger charge is 2.24. The van der Waals surface area contributed by atoms with Gasteiger partial charge in [0, 0.05) is 25.4 Å². The zero-order valence-electron chi connectivity index (χ0n) is 14.1. The molecule has 7 nitrogen and oxygen atoms in total. The quantitative estimate of drug-likeness (QED) is 0.832. The first-order chi connectivity index (χ1) is 11.8. The van der Waals surface area contributed by atoms with Crippen molar-refractivity contribution < 1.29 is 4.52 Å². The van der Waals surface area contributed by atoms with Gasteiger partial charge in [0.1, 0.15) is 5.82 Å². The first kappa shape index (κ1) is 16.1. The lowest BCUT2D eigenvalue weighted by Gasteiger charge is -2.21. The molecule has 2 aliphatic rings. The summed E-state index contributed by atoms with van der Waals surface area (Å²) < 4.78 is 7.55. The van der Waals surface area contributed by atoms with Crippen molar-refractivity contribution >= 4 is 11.8 Å². The Morgan fingerprint density at radius 2 is 2.00 bits per heavy atom. The van der Waals surface area contributed by atoms with Crippen molar-refractivity contribution in [1.29, 1.82) is 0 Å². The normalized spacial score (nSPS) is 22.3. The molecule has 2 fully saturated rings. The summed E-state index contributed by atoms with van der Waals surface area (Å²) in [6.07, 6.45) is 7.28. The van der Waals surface area contributed by atoms with Gasteiger partial charge in [0.05, 0.1) is 5.75 Å². The van der Waals surface area contributed by atoms with Gasteiger partial charge < -0.3 is 14.4 Å². The van der Waals surface area contributed by atoms with Crippen molar-refractivity contribution in [3.05, 3.63) is 17.5 Å². The number of rotatable bonds is 5. The fourth-order valence-corrected chi connectivity index (χ4v) is 4.43. The molecule has 1 saturated heterocycles. The molecular weight excluding hydrogens is 324 g/mol. The second-order valence-corrected chi connectivity index (χ2v) is 7.70. The van der Waals surface area contributed by atoms with Crippen LogP contribution < -0.4 is 5.32 Å². The van der Waals surface area contributed by atoms with Crippen molar-refractivity contribution in [3.63, 3.8) is 0 Å². The molecule has 0 bridgehead atoms. The highest BCUT2D eigenvalue weighted by Crippen LogP contribution is 2.33. The fourth-order valence-electron chi connectivity index (χ4n) is 3.67. The summed E-state index contributed by atoms with van der Waals surface area (Å²) >= 11 is 1.62. The van der Waals surface area contributed by atoms with Crippen LogP contribution in [0.1, 0.15) is 67.9 Å². The molecule has 8 heteroatoms. The van der Waals surface area contributed by atoms with Gasteiger partial charge in [-0.15, -0.1) is 10.2 Å². The fraction of sp³-hybridized carbons (Fsp3) is 0.750. The molecule has 4 rings (SSSR count). The van der Waals surface area contributed by atoms with E-state index in [0.29, 0.717) is 17.6 Å². The van der Waals surface area contributed by atoms with Crippen molar-refractivity contribution in [1.82, 2.24) is 30.2 Å². The van der Waals surface area contributed by atoms with Gasteiger partial charge in [-0.05, 0) is 32.2 Å². The second kappa shape index (κ2) is 7.23. The van der Waals surface area contributed by atoms with Crippen LogP contribution in [0.3, 0.4) is 0 Å². The molecule has 0 amide bonds. The monoisotopic (exact) mass is 348 g/mol. The first-order valence-corrected chi connectivity index (χ1v) is 9.85. The molecule has 1 atom stereocenters. The van der Waals surface area contributed by atoms with Gasteiger partial charge in [-0.1, -0.05) is 29.8 Å². The number of piperidine rings is 1. The van der Waals surface area contributed by atoms with E-state index in [4.69, 9.17) is 4.52 Å². The van der Waals surface area contributed by atoms with Crippen LogP contribution in [0.25, 0.3) is 0 Å². The summed E-state index contributed by atoms with van der Waals surface area (Å²) in [4.78, 5) is 4.57. The maximum Gasteiger partial charge on any atom is 0.229 e. The lowest BCUT2D eigenvalue weighted by Crippen LogP contribution is -2.29. The first-order valence-electron chi connectivity index (χ1n) is 8.86. The molecule has 130 valence electrons. The Morgan fingerprint density at radius 1 is 1.17 bits per heavy atom. The number of aromatic nitrogens is 5. The Morgan fingerprint density at radius 3 is 2.79 bits per heavy atom. The Bertz CT molecular complexity index is 672. The topological polar surface area (TPSA) is 81.7 Å². The van der Waals surface area contributed by atoms with E-state index in [-0.39, 0.29) is 0 Å². The van der Waals surface area contributed by atoms with Crippen molar-refractivity contribution in [2.24, 2.45) is 7.05 Å². The van der Waals surface area contributed by atoms with Gasteiger partial charge in [-0.3, -0.25) is 0 Å². The maximum atomic E-state index is 5.44. The van der Waals surface area contributed by atoms with E-state index in [1.165, 1.54) is 38.5 Å². The third-order valence-electron chi connectivity index (χ3n) is 5.05. The Kier molecular flexibility index (Phi) is 4.84. The summed E-state index contributed by atoms with van der Waals surface area (Å²) in [5, 5.41) is 17.2. The van der Waals surface area contributed by atoms with Crippen LogP contribution in [0.4, 0.5) is 0 Å². The van der Waals surface area contributed by atoms with Gasteiger partial charge in [-0.2, -0.15) is 4.98 Å². The largest absolute Gasteiger partial charge is 0.339 e. The number of nitrogens with zero attached hydrogens (tertiary/aromatic N) is 5. The Balaban J connectivity index is 1.38. The summed E-state index contributed by atoms with van der Waals surface area (Å²) in [6.45, 7) is 2.10. The zero-order valence-corrected chi connectivity index (χ0v) is 14.9. The van der Waals surface area contributed by atoms with Gasteiger partial charge in [0.2, 0.25) is 5.89 Å². The molecule has 0 aromatic carbocycles. The molecule has 0 radical (unpaired) electrons. The molecule has 24 heavy (non-hydrogen) atoms. The van der Waals surface area contributed by atoms with Crippen LogP contribution in [0.2, 0.25) is 0 Å². The molecule has 1 saturated carbocycles. The van der Waals surface area contributed by atoms with E-state index in [9.17, 15) is 0 Å². The molecule has 0 unspecified atom stereocenters. The van der Waals surface area contributed by atoms with Crippen LogP contribution >= 0.6 is 11.8 Å². The van der Waals surface area contributed by atoms with E-state index in [0.717, 1.165) is 35.8 Å². The number of hydrogen-bond acceptors (Lipinski definition) is 7. The predicted octanol–water partition coefficient (Wildman–Crippen LogP) is 2.62. The van der Waals surface area contributed by atoms with E-state index >= 15 is 0 Å². The minimum atomic E-state index is 0.463. The van der Waals surface area contributed by atoms with E-state index in [1.54, 1.807) is 11.8 Å². The zero-order chi connectivity index (χ0) is 16.4.